The van der Waals surface area contributed by atoms with Gasteiger partial charge in [-0.3, -0.25) is 0 Å². The highest BCUT2D eigenvalue weighted by molar-refractivity contribution is 5.76. The molecule has 102 valence electrons. The zero-order chi connectivity index (χ0) is 13.1. The highest BCUT2D eigenvalue weighted by Crippen LogP contribution is 2.38. The summed E-state index contributed by atoms with van der Waals surface area (Å²) in [4.78, 5) is 21.7. The first-order valence-corrected chi connectivity index (χ1v) is 6.14. The zero-order valence-corrected chi connectivity index (χ0v) is 9.96. The predicted octanol–water partition coefficient (Wildman–Crippen LogP) is -0.701. The minimum atomic E-state index is -1.57. The minimum Gasteiger partial charge on any atom is -0.479 e. The Hall–Kier alpha value is -1.34. The molecule has 0 aromatic rings. The summed E-state index contributed by atoms with van der Waals surface area (Å²) in [6.45, 7) is 0.227. The topological polar surface area (TPSA) is 108 Å². The van der Waals surface area contributed by atoms with Gasteiger partial charge in [0, 0.05) is 12.5 Å². The number of aliphatic hydroxyl groups excluding tert-OH is 1. The fraction of sp³-hybridized carbons (Fsp3) is 0.818. The summed E-state index contributed by atoms with van der Waals surface area (Å²) in [5, 5.41) is 22.4. The number of amides is 2. The molecule has 2 bridgehead atoms. The van der Waals surface area contributed by atoms with Gasteiger partial charge in [-0.2, -0.15) is 0 Å². The van der Waals surface area contributed by atoms with Crippen LogP contribution in [0.3, 0.4) is 0 Å². The van der Waals surface area contributed by atoms with Crippen molar-refractivity contribution in [2.24, 2.45) is 5.92 Å². The highest BCUT2D eigenvalue weighted by Gasteiger charge is 2.40. The van der Waals surface area contributed by atoms with E-state index in [1.165, 1.54) is 0 Å². The Morgan fingerprint density at radius 3 is 2.67 bits per heavy atom. The number of carboxylic acid groups (broad SMARTS) is 1. The summed E-state index contributed by atoms with van der Waals surface area (Å²) in [5.74, 6) is -1.00. The minimum absolute atomic E-state index is 0.250. The normalized spacial score (nSPS) is 31.1. The first-order valence-electron chi connectivity index (χ1n) is 6.14. The molecule has 2 fully saturated rings. The predicted molar refractivity (Wildman–Crippen MR) is 61.0 cm³/mol. The van der Waals surface area contributed by atoms with Crippen LogP contribution in [0.4, 0.5) is 4.79 Å². The van der Waals surface area contributed by atoms with Gasteiger partial charge in [0.2, 0.25) is 0 Å². The number of carbonyl (C=O) groups is 2. The van der Waals surface area contributed by atoms with Gasteiger partial charge in [-0.1, -0.05) is 0 Å². The Morgan fingerprint density at radius 2 is 2.11 bits per heavy atom. The number of hydrogen-bond donors (Lipinski definition) is 4. The first kappa shape index (κ1) is 13.1. The standard InChI is InChI=1S/C11H18N2O5/c14-8(10(15)16)5-13-11(17)12-4-6-3-7-1-2-9(6)18-7/h6-9,14H,1-5H2,(H,15,16)(H2,12,13,17). The number of hydrogen-bond acceptors (Lipinski definition) is 4. The van der Waals surface area contributed by atoms with Crippen molar-refractivity contribution in [3.8, 4) is 0 Å². The molecule has 0 radical (unpaired) electrons. The molecular formula is C11H18N2O5. The first-order chi connectivity index (χ1) is 8.56. The molecule has 2 amide bonds. The van der Waals surface area contributed by atoms with E-state index in [2.05, 4.69) is 10.6 Å². The van der Waals surface area contributed by atoms with Crippen molar-refractivity contribution in [1.29, 1.82) is 0 Å². The van der Waals surface area contributed by atoms with Gasteiger partial charge in [0.15, 0.2) is 6.10 Å². The van der Waals surface area contributed by atoms with Crippen molar-refractivity contribution in [2.45, 2.75) is 37.6 Å². The second-order valence-corrected chi connectivity index (χ2v) is 4.81. The molecule has 0 aromatic carbocycles. The summed E-state index contributed by atoms with van der Waals surface area (Å²) in [5.41, 5.74) is 0. The van der Waals surface area contributed by atoms with Crippen LogP contribution >= 0.6 is 0 Å². The molecule has 2 rings (SSSR count). The summed E-state index contributed by atoms with van der Waals surface area (Å²) in [6.07, 6.45) is 2.16. The summed E-state index contributed by atoms with van der Waals surface area (Å²) < 4.78 is 5.66. The molecule has 7 nitrogen and oxygen atoms in total. The number of urea groups is 1. The van der Waals surface area contributed by atoms with Crippen LogP contribution in [0.1, 0.15) is 19.3 Å². The van der Waals surface area contributed by atoms with Crippen LogP contribution in [0.5, 0.6) is 0 Å². The maximum absolute atomic E-state index is 11.4. The molecule has 2 saturated heterocycles. The van der Waals surface area contributed by atoms with Crippen LogP contribution < -0.4 is 10.6 Å². The van der Waals surface area contributed by atoms with E-state index in [1.807, 2.05) is 0 Å². The van der Waals surface area contributed by atoms with Crippen LogP contribution in [-0.2, 0) is 9.53 Å². The third kappa shape index (κ3) is 3.11. The van der Waals surface area contributed by atoms with Crippen LogP contribution in [0.15, 0.2) is 0 Å². The molecule has 7 heteroatoms. The molecule has 2 aliphatic heterocycles. The third-order valence-corrected chi connectivity index (χ3v) is 3.50. The highest BCUT2D eigenvalue weighted by atomic mass is 16.5. The largest absolute Gasteiger partial charge is 0.479 e. The molecule has 0 spiro atoms. The van der Waals surface area contributed by atoms with Gasteiger partial charge in [0.05, 0.1) is 18.8 Å². The Balaban J connectivity index is 1.62. The fourth-order valence-electron chi connectivity index (χ4n) is 2.52. The lowest BCUT2D eigenvalue weighted by Gasteiger charge is -2.19. The molecule has 4 N–H and O–H groups in total. The number of carbonyl (C=O) groups excluding carboxylic acids is 1. The van der Waals surface area contributed by atoms with E-state index in [4.69, 9.17) is 14.9 Å². The van der Waals surface area contributed by atoms with E-state index in [0.29, 0.717) is 18.6 Å². The van der Waals surface area contributed by atoms with Crippen LogP contribution in [0.2, 0.25) is 0 Å². The third-order valence-electron chi connectivity index (χ3n) is 3.50. The Labute approximate surface area is 105 Å². The second kappa shape index (κ2) is 5.53. The lowest BCUT2D eigenvalue weighted by Crippen LogP contribution is -2.44. The van der Waals surface area contributed by atoms with E-state index in [0.717, 1.165) is 19.3 Å². The average Bonchev–Trinajstić information content (AvgIpc) is 2.95. The van der Waals surface area contributed by atoms with Gasteiger partial charge in [-0.15, -0.1) is 0 Å². The summed E-state index contributed by atoms with van der Waals surface area (Å²) >= 11 is 0. The molecule has 4 unspecified atom stereocenters. The molecule has 0 aromatic heterocycles. The van der Waals surface area contributed by atoms with E-state index >= 15 is 0 Å². The van der Waals surface area contributed by atoms with E-state index in [9.17, 15) is 9.59 Å². The Kier molecular flexibility index (Phi) is 4.03. The van der Waals surface area contributed by atoms with Gasteiger partial charge in [-0.25, -0.2) is 9.59 Å². The molecule has 2 heterocycles. The van der Waals surface area contributed by atoms with Gasteiger partial charge in [-0.05, 0) is 19.3 Å². The smallest absolute Gasteiger partial charge is 0.334 e. The Bertz CT molecular complexity index is 335. The van der Waals surface area contributed by atoms with E-state index < -0.39 is 18.1 Å². The maximum atomic E-state index is 11.4. The molecule has 0 saturated carbocycles. The molecule has 18 heavy (non-hydrogen) atoms. The van der Waals surface area contributed by atoms with E-state index in [1.54, 1.807) is 0 Å². The number of rotatable bonds is 5. The molecule has 2 aliphatic rings. The molecular weight excluding hydrogens is 240 g/mol. The van der Waals surface area contributed by atoms with Crippen molar-refractivity contribution in [3.05, 3.63) is 0 Å². The molecule has 4 atom stereocenters. The van der Waals surface area contributed by atoms with E-state index in [-0.39, 0.29) is 12.6 Å². The van der Waals surface area contributed by atoms with Crippen molar-refractivity contribution >= 4 is 12.0 Å². The van der Waals surface area contributed by atoms with Crippen LogP contribution in [0.25, 0.3) is 0 Å². The maximum Gasteiger partial charge on any atom is 0.334 e. The van der Waals surface area contributed by atoms with Crippen molar-refractivity contribution in [1.82, 2.24) is 10.6 Å². The number of aliphatic hydroxyl groups is 1. The number of aliphatic carboxylic acids is 1. The van der Waals surface area contributed by atoms with Crippen molar-refractivity contribution in [2.75, 3.05) is 13.1 Å². The van der Waals surface area contributed by atoms with Crippen molar-refractivity contribution in [3.63, 3.8) is 0 Å². The van der Waals surface area contributed by atoms with Crippen molar-refractivity contribution < 1.29 is 24.5 Å². The lowest BCUT2D eigenvalue weighted by atomic mass is 9.89. The number of fused-ring (bicyclic) bond motifs is 2. The summed E-state index contributed by atoms with van der Waals surface area (Å²) in [6, 6.07) is -0.460. The van der Waals surface area contributed by atoms with Crippen LogP contribution in [0, 0.1) is 5.92 Å². The monoisotopic (exact) mass is 258 g/mol. The average molecular weight is 258 g/mol. The molecule has 0 aliphatic carbocycles. The number of nitrogens with one attached hydrogen (secondary N) is 2. The SMILES string of the molecule is O=C(NCC(O)C(=O)O)NCC1CC2CCC1O2. The Morgan fingerprint density at radius 1 is 1.33 bits per heavy atom. The number of ether oxygens (including phenoxy) is 1. The number of carboxylic acids is 1. The lowest BCUT2D eigenvalue weighted by molar-refractivity contribution is -0.146. The summed E-state index contributed by atoms with van der Waals surface area (Å²) in [7, 11) is 0. The second-order valence-electron chi connectivity index (χ2n) is 4.81. The fourth-order valence-corrected chi connectivity index (χ4v) is 2.52. The zero-order valence-electron chi connectivity index (χ0n) is 9.96. The quantitative estimate of drug-likeness (QED) is 0.521. The van der Waals surface area contributed by atoms with Gasteiger partial charge in [0.25, 0.3) is 0 Å². The van der Waals surface area contributed by atoms with Crippen LogP contribution in [-0.4, -0.2) is 53.6 Å². The van der Waals surface area contributed by atoms with Gasteiger partial charge in [0.1, 0.15) is 0 Å². The van der Waals surface area contributed by atoms with Gasteiger partial charge >= 0.3 is 12.0 Å². The van der Waals surface area contributed by atoms with Gasteiger partial charge < -0.3 is 25.6 Å².